The zero-order chi connectivity index (χ0) is 28.8. The normalized spacial score (nSPS) is 11.3. The van der Waals surface area contributed by atoms with Crippen molar-refractivity contribution in [2.45, 2.75) is 10.1 Å². The van der Waals surface area contributed by atoms with E-state index in [4.69, 9.17) is 28.3 Å². The number of amides is 2. The van der Waals surface area contributed by atoms with Crippen molar-refractivity contribution in [1.29, 1.82) is 0 Å². The minimum absolute atomic E-state index is 0.199. The summed E-state index contributed by atoms with van der Waals surface area (Å²) in [5.74, 6) is -3.83. The topological polar surface area (TPSA) is 133 Å². The summed E-state index contributed by atoms with van der Waals surface area (Å²) in [6, 6.07) is 24.0. The Balaban J connectivity index is 1.58. The molecule has 0 aliphatic carbocycles. The average molecular weight is 595 g/mol. The minimum Gasteiger partial charge on any atom is -0.478 e. The number of carboxylic acid groups (broad SMARTS) is 2. The van der Waals surface area contributed by atoms with Crippen molar-refractivity contribution < 1.29 is 29.4 Å². The fourth-order valence-electron chi connectivity index (χ4n) is 3.73. The summed E-state index contributed by atoms with van der Waals surface area (Å²) in [4.78, 5) is 49.9. The summed E-state index contributed by atoms with van der Waals surface area (Å²) in [7, 11) is 0. The number of hydrogen-bond donors (Lipinski definition) is 4. The molecule has 4 rings (SSSR count). The highest BCUT2D eigenvalue weighted by molar-refractivity contribution is 8.00. The molecular weight excluding hydrogens is 575 g/mol. The van der Waals surface area contributed by atoms with Crippen molar-refractivity contribution in [3.8, 4) is 0 Å². The van der Waals surface area contributed by atoms with Crippen LogP contribution in [0, 0.1) is 0 Å². The third-order valence-corrected chi connectivity index (χ3v) is 7.70. The molecule has 0 saturated carbocycles. The SMILES string of the molecule is O=C(O)c1ccc(C(=O)Nc2cccc(SC(C(=O)Nc3cccc(Cl)c3Cl)c3ccccc3)c2)c(C(=O)O)c1. The van der Waals surface area contributed by atoms with E-state index in [9.17, 15) is 24.3 Å². The Morgan fingerprint density at radius 1 is 0.725 bits per heavy atom. The van der Waals surface area contributed by atoms with Gasteiger partial charge < -0.3 is 20.8 Å². The van der Waals surface area contributed by atoms with Crippen LogP contribution in [0.25, 0.3) is 0 Å². The second-order valence-corrected chi connectivity index (χ2v) is 10.3. The van der Waals surface area contributed by atoms with Gasteiger partial charge in [-0.2, -0.15) is 0 Å². The average Bonchev–Trinajstić information content (AvgIpc) is 2.94. The highest BCUT2D eigenvalue weighted by Gasteiger charge is 2.24. The zero-order valence-corrected chi connectivity index (χ0v) is 22.8. The predicted molar refractivity (Wildman–Crippen MR) is 155 cm³/mol. The van der Waals surface area contributed by atoms with Gasteiger partial charge in [-0.3, -0.25) is 9.59 Å². The predicted octanol–water partition coefficient (Wildman–Crippen LogP) is 7.11. The van der Waals surface area contributed by atoms with Gasteiger partial charge in [-0.15, -0.1) is 11.8 Å². The Morgan fingerprint density at radius 2 is 1.45 bits per heavy atom. The molecular formula is C29H20Cl2N2O6S. The lowest BCUT2D eigenvalue weighted by Crippen LogP contribution is -2.19. The van der Waals surface area contributed by atoms with Crippen LogP contribution in [-0.2, 0) is 4.79 Å². The molecule has 0 fully saturated rings. The Morgan fingerprint density at radius 3 is 2.15 bits per heavy atom. The number of nitrogens with one attached hydrogen (secondary N) is 2. The lowest BCUT2D eigenvalue weighted by Gasteiger charge is -2.18. The summed E-state index contributed by atoms with van der Waals surface area (Å²) < 4.78 is 0. The van der Waals surface area contributed by atoms with Gasteiger partial charge in [-0.05, 0) is 54.1 Å². The number of aromatic carboxylic acids is 2. The Hall–Kier alpha value is -4.31. The summed E-state index contributed by atoms with van der Waals surface area (Å²) in [6.45, 7) is 0. The van der Waals surface area contributed by atoms with Gasteiger partial charge in [0.1, 0.15) is 5.25 Å². The van der Waals surface area contributed by atoms with Crippen LogP contribution in [-0.4, -0.2) is 34.0 Å². The first kappa shape index (κ1) is 28.7. The molecule has 1 atom stereocenters. The number of thioether (sulfide) groups is 1. The van der Waals surface area contributed by atoms with E-state index in [2.05, 4.69) is 10.6 Å². The largest absolute Gasteiger partial charge is 0.478 e. The monoisotopic (exact) mass is 594 g/mol. The molecule has 0 aliphatic rings. The molecule has 4 aromatic carbocycles. The maximum atomic E-state index is 13.4. The number of rotatable bonds is 9. The van der Waals surface area contributed by atoms with E-state index in [1.807, 2.05) is 30.3 Å². The van der Waals surface area contributed by atoms with Gasteiger partial charge in [-0.25, -0.2) is 9.59 Å². The molecule has 0 heterocycles. The standard InChI is InChI=1S/C29H20Cl2N2O6S/c30-22-10-5-11-23(24(22)31)33-27(35)25(16-6-2-1-3-7-16)40-19-9-4-8-18(15-19)32-26(34)20-13-12-17(28(36)37)14-21(20)29(38)39/h1-15,25H,(H,32,34)(H,33,35)(H,36,37)(H,38,39). The Labute approximate surface area is 242 Å². The van der Waals surface area contributed by atoms with Crippen LogP contribution in [0.2, 0.25) is 10.0 Å². The molecule has 0 spiro atoms. The molecule has 4 aromatic rings. The number of carbonyl (C=O) groups excluding carboxylic acids is 2. The Kier molecular flexibility index (Phi) is 9.11. The van der Waals surface area contributed by atoms with E-state index in [1.165, 1.54) is 11.8 Å². The molecule has 8 nitrogen and oxygen atoms in total. The summed E-state index contributed by atoms with van der Waals surface area (Å²) in [5, 5.41) is 23.9. The van der Waals surface area contributed by atoms with Crippen LogP contribution in [0.5, 0.6) is 0 Å². The van der Waals surface area contributed by atoms with Crippen LogP contribution in [0.1, 0.15) is 41.9 Å². The van der Waals surface area contributed by atoms with Gasteiger partial charge in [0.2, 0.25) is 5.91 Å². The molecule has 0 radical (unpaired) electrons. The third-order valence-electron chi connectivity index (χ3n) is 5.64. The van der Waals surface area contributed by atoms with E-state index in [-0.39, 0.29) is 22.1 Å². The maximum absolute atomic E-state index is 13.4. The van der Waals surface area contributed by atoms with E-state index >= 15 is 0 Å². The smallest absolute Gasteiger partial charge is 0.336 e. The zero-order valence-electron chi connectivity index (χ0n) is 20.4. The minimum atomic E-state index is -1.44. The number of carboxylic acids is 2. The first-order chi connectivity index (χ1) is 19.1. The number of carbonyl (C=O) groups is 4. The number of benzene rings is 4. The maximum Gasteiger partial charge on any atom is 0.336 e. The molecule has 0 aliphatic heterocycles. The van der Waals surface area contributed by atoms with Crippen LogP contribution >= 0.6 is 35.0 Å². The molecule has 11 heteroatoms. The van der Waals surface area contributed by atoms with Crippen LogP contribution in [0.3, 0.4) is 0 Å². The fraction of sp³-hybridized carbons (Fsp3) is 0.0345. The van der Waals surface area contributed by atoms with Crippen molar-refractivity contribution >= 4 is 70.1 Å². The molecule has 202 valence electrons. The number of anilines is 2. The quantitative estimate of drug-likeness (QED) is 0.152. The highest BCUT2D eigenvalue weighted by atomic mass is 35.5. The van der Waals surface area contributed by atoms with E-state index in [0.717, 1.165) is 23.8 Å². The van der Waals surface area contributed by atoms with E-state index in [0.29, 0.717) is 21.3 Å². The van der Waals surface area contributed by atoms with Crippen molar-refractivity contribution in [3.63, 3.8) is 0 Å². The molecule has 0 aromatic heterocycles. The first-order valence-corrected chi connectivity index (χ1v) is 13.3. The third kappa shape index (κ3) is 6.81. The highest BCUT2D eigenvalue weighted by Crippen LogP contribution is 2.38. The van der Waals surface area contributed by atoms with E-state index < -0.39 is 28.7 Å². The second kappa shape index (κ2) is 12.7. The van der Waals surface area contributed by atoms with Gasteiger partial charge in [-0.1, -0.05) is 65.7 Å². The van der Waals surface area contributed by atoms with Gasteiger partial charge in [0.15, 0.2) is 0 Å². The fourth-order valence-corrected chi connectivity index (χ4v) is 5.16. The number of halogens is 2. The lowest BCUT2D eigenvalue weighted by molar-refractivity contribution is -0.115. The molecule has 2 amide bonds. The van der Waals surface area contributed by atoms with E-state index in [1.54, 1.807) is 42.5 Å². The molecule has 0 bridgehead atoms. The van der Waals surface area contributed by atoms with Crippen LogP contribution < -0.4 is 10.6 Å². The van der Waals surface area contributed by atoms with Crippen molar-refractivity contribution in [3.05, 3.63) is 123 Å². The van der Waals surface area contributed by atoms with Crippen molar-refractivity contribution in [1.82, 2.24) is 0 Å². The Bertz CT molecular complexity index is 1610. The van der Waals surface area contributed by atoms with Gasteiger partial charge in [0.05, 0.1) is 32.4 Å². The summed E-state index contributed by atoms with van der Waals surface area (Å²) in [6.07, 6.45) is 0. The van der Waals surface area contributed by atoms with Gasteiger partial charge in [0, 0.05) is 10.6 Å². The number of hydrogen-bond acceptors (Lipinski definition) is 5. The molecule has 0 saturated heterocycles. The summed E-state index contributed by atoms with van der Waals surface area (Å²) in [5.41, 5.74) is 0.543. The molecule has 40 heavy (non-hydrogen) atoms. The lowest BCUT2D eigenvalue weighted by atomic mass is 10.0. The van der Waals surface area contributed by atoms with Crippen LogP contribution in [0.15, 0.2) is 95.9 Å². The van der Waals surface area contributed by atoms with Gasteiger partial charge >= 0.3 is 11.9 Å². The van der Waals surface area contributed by atoms with Crippen LogP contribution in [0.4, 0.5) is 11.4 Å². The van der Waals surface area contributed by atoms with Crippen molar-refractivity contribution in [2.24, 2.45) is 0 Å². The summed E-state index contributed by atoms with van der Waals surface area (Å²) >= 11 is 13.6. The molecule has 1 unspecified atom stereocenters. The molecule has 4 N–H and O–H groups in total. The van der Waals surface area contributed by atoms with Crippen molar-refractivity contribution in [2.75, 3.05) is 10.6 Å². The second-order valence-electron chi connectivity index (χ2n) is 8.35. The van der Waals surface area contributed by atoms with Gasteiger partial charge in [0.25, 0.3) is 5.91 Å². The first-order valence-electron chi connectivity index (χ1n) is 11.6.